The average Bonchev–Trinajstić information content (AvgIpc) is 2.71. The summed E-state index contributed by atoms with van der Waals surface area (Å²) >= 11 is 2.25. The molecule has 0 saturated heterocycles. The van der Waals surface area contributed by atoms with Gasteiger partial charge >= 0.3 is 0 Å². The predicted octanol–water partition coefficient (Wildman–Crippen LogP) is 7.32. The summed E-state index contributed by atoms with van der Waals surface area (Å²) < 4.78 is 21.6. The summed E-state index contributed by atoms with van der Waals surface area (Å²) in [6.07, 6.45) is 0. The van der Waals surface area contributed by atoms with Crippen LogP contribution in [0.4, 0.5) is 4.39 Å². The molecule has 0 aliphatic rings. The highest BCUT2D eigenvalue weighted by Gasteiger charge is 2.29. The lowest BCUT2D eigenvalue weighted by Gasteiger charge is -2.11. The Morgan fingerprint density at radius 3 is 1.75 bits per heavy atom. The van der Waals surface area contributed by atoms with Crippen LogP contribution in [-0.2, 0) is 10.9 Å². The first-order valence-corrected chi connectivity index (χ1v) is 11.1. The Bertz CT molecular complexity index is 1010. The number of benzene rings is 4. The Balaban J connectivity index is 1.76. The van der Waals surface area contributed by atoms with Crippen LogP contribution in [0.15, 0.2) is 118 Å². The molecule has 0 spiro atoms. The van der Waals surface area contributed by atoms with E-state index in [1.54, 1.807) is 6.07 Å². The van der Waals surface area contributed by atoms with E-state index in [0.29, 0.717) is 11.5 Å². The third-order valence-corrected chi connectivity index (χ3v) is 7.00. The quantitative estimate of drug-likeness (QED) is 0.207. The average molecular weight is 499 g/mol. The topological polar surface area (TPSA) is 9.23 Å². The van der Waals surface area contributed by atoms with Crippen molar-refractivity contribution in [1.82, 2.24) is 0 Å². The van der Waals surface area contributed by atoms with Gasteiger partial charge in [-0.3, -0.25) is 0 Å². The van der Waals surface area contributed by atoms with Crippen LogP contribution in [0.2, 0.25) is 0 Å². The van der Waals surface area contributed by atoms with E-state index in [1.807, 2.05) is 66.7 Å². The zero-order valence-corrected chi connectivity index (χ0v) is 17.9. The van der Waals surface area contributed by atoms with Crippen molar-refractivity contribution in [3.63, 3.8) is 0 Å². The Morgan fingerprint density at radius 2 is 1.18 bits per heavy atom. The van der Waals surface area contributed by atoms with E-state index in [4.69, 9.17) is 4.74 Å². The smallest absolute Gasteiger partial charge is 0.173 e. The highest BCUT2D eigenvalue weighted by atomic mass is 127. The second-order valence-corrected chi connectivity index (χ2v) is 9.38. The van der Waals surface area contributed by atoms with E-state index in [1.165, 1.54) is 6.07 Å². The Morgan fingerprint density at radius 1 is 0.607 bits per heavy atom. The number of hydrogen-bond acceptors (Lipinski definition) is 1. The van der Waals surface area contributed by atoms with Crippen molar-refractivity contribution < 1.29 is 9.13 Å². The molecule has 0 radical (unpaired) electrons. The number of hydrogen-bond donors (Lipinski definition) is 0. The predicted molar refractivity (Wildman–Crippen MR) is 121 cm³/mol. The van der Waals surface area contributed by atoms with Crippen LogP contribution < -0.4 is 4.74 Å². The highest BCUT2D eigenvalue weighted by Crippen LogP contribution is 2.34. The summed E-state index contributed by atoms with van der Waals surface area (Å²) in [5.41, 5.74) is 0. The molecule has 4 rings (SSSR count). The van der Waals surface area contributed by atoms with Gasteiger partial charge in [0.05, 0.1) is 10.9 Å². The van der Waals surface area contributed by atoms with Gasteiger partial charge in [0.15, 0.2) is 14.7 Å². The Kier molecular flexibility index (Phi) is 5.98. The lowest BCUT2D eigenvalue weighted by Crippen LogP contribution is -2.05. The summed E-state index contributed by atoms with van der Waals surface area (Å²) in [6.45, 7) is 0. The lowest BCUT2D eigenvalue weighted by atomic mass is 10.3. The normalized spacial score (nSPS) is 10.8. The van der Waals surface area contributed by atoms with Gasteiger partial charge in [-0.2, -0.15) is 0 Å². The van der Waals surface area contributed by atoms with E-state index in [9.17, 15) is 4.39 Å². The summed E-state index contributed by atoms with van der Waals surface area (Å²) in [6, 6.07) is 33.1. The number of rotatable bonds is 5. The van der Waals surface area contributed by atoms with Crippen LogP contribution in [0, 0.1) is 9.39 Å². The standard InChI is InChI=1S/C24H17FIOS/c25-18-15-21(27-20-13-11-19(26)12-14-20)17-24(16-18)28(22-7-3-1-4-8-22)23-9-5-2-6-10-23/h1-17H/q+1. The van der Waals surface area contributed by atoms with E-state index in [2.05, 4.69) is 46.9 Å². The van der Waals surface area contributed by atoms with Gasteiger partial charge < -0.3 is 4.74 Å². The molecule has 0 aromatic heterocycles. The van der Waals surface area contributed by atoms with Gasteiger partial charge in [-0.1, -0.05) is 36.4 Å². The van der Waals surface area contributed by atoms with E-state index in [0.717, 1.165) is 18.3 Å². The summed E-state index contributed by atoms with van der Waals surface area (Å²) in [4.78, 5) is 3.16. The summed E-state index contributed by atoms with van der Waals surface area (Å²) in [7, 11) is -0.418. The molecule has 0 saturated carbocycles. The molecule has 4 aromatic rings. The number of ether oxygens (including phenoxy) is 1. The van der Waals surface area contributed by atoms with Gasteiger partial charge in [0.2, 0.25) is 0 Å². The minimum absolute atomic E-state index is 0.303. The van der Waals surface area contributed by atoms with E-state index < -0.39 is 10.9 Å². The van der Waals surface area contributed by atoms with Gasteiger partial charge in [-0.25, -0.2) is 4.39 Å². The van der Waals surface area contributed by atoms with Crippen molar-refractivity contribution in [2.45, 2.75) is 14.7 Å². The van der Waals surface area contributed by atoms with E-state index in [-0.39, 0.29) is 5.82 Å². The SMILES string of the molecule is Fc1cc(Oc2ccc(I)cc2)cc([S+](c2ccccc2)c2ccccc2)c1. The van der Waals surface area contributed by atoms with Crippen LogP contribution in [0.25, 0.3) is 0 Å². The first kappa shape index (κ1) is 19.0. The second kappa shape index (κ2) is 8.80. The molecule has 4 heteroatoms. The van der Waals surface area contributed by atoms with Crippen LogP contribution in [0.3, 0.4) is 0 Å². The van der Waals surface area contributed by atoms with Crippen LogP contribution in [-0.4, -0.2) is 0 Å². The van der Waals surface area contributed by atoms with Crippen molar-refractivity contribution in [1.29, 1.82) is 0 Å². The molecule has 0 unspecified atom stereocenters. The largest absolute Gasteiger partial charge is 0.457 e. The lowest BCUT2D eigenvalue weighted by molar-refractivity contribution is 0.474. The Labute approximate surface area is 180 Å². The van der Waals surface area contributed by atoms with Gasteiger partial charge in [-0.15, -0.1) is 0 Å². The molecule has 0 N–H and O–H groups in total. The van der Waals surface area contributed by atoms with Gasteiger partial charge in [0.25, 0.3) is 0 Å². The molecule has 4 aromatic carbocycles. The van der Waals surface area contributed by atoms with Gasteiger partial charge in [0.1, 0.15) is 17.3 Å². The van der Waals surface area contributed by atoms with Crippen LogP contribution >= 0.6 is 22.6 Å². The molecule has 0 aliphatic carbocycles. The Hall–Kier alpha value is -2.31. The molecule has 0 fully saturated rings. The third kappa shape index (κ3) is 4.56. The van der Waals surface area contributed by atoms with Crippen molar-refractivity contribution in [3.8, 4) is 11.5 Å². The molecule has 0 amide bonds. The van der Waals surface area contributed by atoms with Crippen molar-refractivity contribution in [3.05, 3.63) is 113 Å². The maximum absolute atomic E-state index is 14.5. The monoisotopic (exact) mass is 499 g/mol. The van der Waals surface area contributed by atoms with Crippen molar-refractivity contribution >= 4 is 33.5 Å². The zero-order valence-electron chi connectivity index (χ0n) is 14.9. The molecule has 1 nitrogen and oxygen atoms in total. The van der Waals surface area contributed by atoms with Gasteiger partial charge in [-0.05, 0) is 71.1 Å². The second-order valence-electron chi connectivity index (χ2n) is 6.11. The van der Waals surface area contributed by atoms with E-state index >= 15 is 0 Å². The number of halogens is 2. The fourth-order valence-corrected chi connectivity index (χ4v) is 5.37. The molecule has 28 heavy (non-hydrogen) atoms. The van der Waals surface area contributed by atoms with Crippen molar-refractivity contribution in [2.75, 3.05) is 0 Å². The van der Waals surface area contributed by atoms with Crippen molar-refractivity contribution in [2.24, 2.45) is 0 Å². The summed E-state index contributed by atoms with van der Waals surface area (Å²) in [5, 5.41) is 0. The van der Waals surface area contributed by atoms with Crippen LogP contribution in [0.1, 0.15) is 0 Å². The third-order valence-electron chi connectivity index (χ3n) is 4.09. The molecule has 0 heterocycles. The van der Waals surface area contributed by atoms with Gasteiger partial charge in [0, 0.05) is 21.8 Å². The molecule has 0 aliphatic heterocycles. The minimum atomic E-state index is -0.418. The minimum Gasteiger partial charge on any atom is -0.457 e. The van der Waals surface area contributed by atoms with Crippen LogP contribution in [0.5, 0.6) is 11.5 Å². The zero-order chi connectivity index (χ0) is 19.3. The molecular weight excluding hydrogens is 482 g/mol. The molecule has 0 atom stereocenters. The maximum Gasteiger partial charge on any atom is 0.173 e. The fraction of sp³-hybridized carbons (Fsp3) is 0. The molecule has 138 valence electrons. The summed E-state index contributed by atoms with van der Waals surface area (Å²) in [5.74, 6) is 0.888. The highest BCUT2D eigenvalue weighted by molar-refractivity contribution is 14.1. The first-order chi connectivity index (χ1) is 13.7. The maximum atomic E-state index is 14.5. The first-order valence-electron chi connectivity index (χ1n) is 8.77. The molecule has 0 bridgehead atoms. The molecular formula is C24H17FIOS+. The fourth-order valence-electron chi connectivity index (χ4n) is 2.87.